The highest BCUT2D eigenvalue weighted by Gasteiger charge is 2.20. The van der Waals surface area contributed by atoms with Crippen molar-refractivity contribution in [1.82, 2.24) is 5.32 Å². The van der Waals surface area contributed by atoms with Crippen LogP contribution in [0.1, 0.15) is 19.8 Å². The van der Waals surface area contributed by atoms with Gasteiger partial charge in [-0.1, -0.05) is 12.2 Å². The fraction of sp³-hybridized carbons (Fsp3) is 0.700. The summed E-state index contributed by atoms with van der Waals surface area (Å²) in [7, 11) is 0. The van der Waals surface area contributed by atoms with Crippen LogP contribution in [0.2, 0.25) is 0 Å². The lowest BCUT2D eigenvalue weighted by molar-refractivity contribution is -0.127. The Hall–Kier alpha value is -0.830. The molecule has 1 saturated heterocycles. The molecule has 0 aromatic carbocycles. The van der Waals surface area contributed by atoms with Gasteiger partial charge in [-0.15, -0.1) is 0 Å². The molecule has 0 spiro atoms. The molecule has 1 aliphatic heterocycles. The van der Waals surface area contributed by atoms with E-state index in [2.05, 4.69) is 11.9 Å². The number of carbonyl (C=O) groups excluding carboxylic acids is 1. The van der Waals surface area contributed by atoms with Crippen molar-refractivity contribution in [3.05, 3.63) is 12.2 Å². The first-order valence-electron chi connectivity index (χ1n) is 4.70. The molecule has 1 N–H and O–H groups in total. The summed E-state index contributed by atoms with van der Waals surface area (Å²) in [4.78, 5) is 11.5. The molecule has 1 fully saturated rings. The maximum atomic E-state index is 11.5. The van der Waals surface area contributed by atoms with Crippen LogP contribution >= 0.6 is 0 Å². The van der Waals surface area contributed by atoms with Gasteiger partial charge in [-0.3, -0.25) is 4.79 Å². The van der Waals surface area contributed by atoms with E-state index < -0.39 is 0 Å². The summed E-state index contributed by atoms with van der Waals surface area (Å²) in [6.45, 7) is 7.66. The molecule has 74 valence electrons. The Morgan fingerprint density at radius 2 is 2.15 bits per heavy atom. The van der Waals surface area contributed by atoms with E-state index in [1.165, 1.54) is 0 Å². The molecule has 0 saturated carbocycles. The second-order valence-corrected chi connectivity index (χ2v) is 3.56. The summed E-state index contributed by atoms with van der Waals surface area (Å²) in [5.74, 6) is 0.291. The average molecular weight is 183 g/mol. The van der Waals surface area contributed by atoms with Crippen molar-refractivity contribution in [2.24, 2.45) is 5.92 Å². The van der Waals surface area contributed by atoms with Crippen LogP contribution in [0, 0.1) is 5.92 Å². The number of rotatable bonds is 3. The van der Waals surface area contributed by atoms with Crippen LogP contribution in [-0.4, -0.2) is 25.7 Å². The van der Waals surface area contributed by atoms with E-state index in [0.29, 0.717) is 19.8 Å². The average Bonchev–Trinajstić information content (AvgIpc) is 2.15. The maximum absolute atomic E-state index is 11.5. The van der Waals surface area contributed by atoms with Gasteiger partial charge in [0.15, 0.2) is 0 Å². The van der Waals surface area contributed by atoms with E-state index >= 15 is 0 Å². The molecular weight excluding hydrogens is 166 g/mol. The summed E-state index contributed by atoms with van der Waals surface area (Å²) in [6, 6.07) is 0. The molecule has 0 radical (unpaired) electrons. The van der Waals surface area contributed by atoms with Gasteiger partial charge in [0.05, 0.1) is 0 Å². The van der Waals surface area contributed by atoms with Crippen LogP contribution in [0.25, 0.3) is 0 Å². The molecule has 3 nitrogen and oxygen atoms in total. The van der Waals surface area contributed by atoms with Gasteiger partial charge in [0, 0.05) is 25.7 Å². The molecule has 1 aliphatic rings. The standard InChI is InChI=1S/C10H17NO2/c1-8(2)7-11-10(12)9-3-5-13-6-4-9/h9H,1,3-7H2,2H3,(H,11,12). The van der Waals surface area contributed by atoms with Gasteiger partial charge in [0.25, 0.3) is 0 Å². The lowest BCUT2D eigenvalue weighted by Gasteiger charge is -2.21. The van der Waals surface area contributed by atoms with Crippen molar-refractivity contribution in [1.29, 1.82) is 0 Å². The minimum Gasteiger partial charge on any atom is -0.381 e. The van der Waals surface area contributed by atoms with Crippen LogP contribution in [0.15, 0.2) is 12.2 Å². The highest BCUT2D eigenvalue weighted by Crippen LogP contribution is 2.14. The first kappa shape index (κ1) is 10.3. The minimum atomic E-state index is 0.145. The van der Waals surface area contributed by atoms with Crippen LogP contribution in [-0.2, 0) is 9.53 Å². The van der Waals surface area contributed by atoms with Gasteiger partial charge < -0.3 is 10.1 Å². The predicted molar refractivity (Wildman–Crippen MR) is 51.4 cm³/mol. The van der Waals surface area contributed by atoms with E-state index in [1.807, 2.05) is 6.92 Å². The van der Waals surface area contributed by atoms with E-state index in [1.54, 1.807) is 0 Å². The fourth-order valence-corrected chi connectivity index (χ4v) is 1.34. The second-order valence-electron chi connectivity index (χ2n) is 3.56. The van der Waals surface area contributed by atoms with E-state index in [4.69, 9.17) is 4.74 Å². The number of nitrogens with one attached hydrogen (secondary N) is 1. The molecule has 13 heavy (non-hydrogen) atoms. The molecule has 0 aromatic heterocycles. The summed E-state index contributed by atoms with van der Waals surface area (Å²) < 4.78 is 5.18. The van der Waals surface area contributed by atoms with E-state index in [0.717, 1.165) is 18.4 Å². The SMILES string of the molecule is C=C(C)CNC(=O)C1CCOCC1. The molecule has 1 rings (SSSR count). The Kier molecular flexibility index (Phi) is 3.96. The van der Waals surface area contributed by atoms with Crippen molar-refractivity contribution < 1.29 is 9.53 Å². The van der Waals surface area contributed by atoms with Crippen LogP contribution < -0.4 is 5.32 Å². The number of hydrogen-bond acceptors (Lipinski definition) is 2. The largest absolute Gasteiger partial charge is 0.381 e. The van der Waals surface area contributed by atoms with Crippen molar-refractivity contribution in [3.8, 4) is 0 Å². The second kappa shape index (κ2) is 5.02. The van der Waals surface area contributed by atoms with Gasteiger partial charge in [-0.25, -0.2) is 0 Å². The first-order chi connectivity index (χ1) is 6.20. The van der Waals surface area contributed by atoms with Crippen molar-refractivity contribution >= 4 is 5.91 Å². The maximum Gasteiger partial charge on any atom is 0.223 e. The van der Waals surface area contributed by atoms with Crippen LogP contribution in [0.5, 0.6) is 0 Å². The number of carbonyl (C=O) groups is 1. The van der Waals surface area contributed by atoms with Gasteiger partial charge in [0.1, 0.15) is 0 Å². The third kappa shape index (κ3) is 3.59. The zero-order chi connectivity index (χ0) is 9.68. The Balaban J connectivity index is 2.25. The monoisotopic (exact) mass is 183 g/mol. The third-order valence-electron chi connectivity index (χ3n) is 2.16. The van der Waals surface area contributed by atoms with Crippen LogP contribution in [0.4, 0.5) is 0 Å². The van der Waals surface area contributed by atoms with E-state index in [9.17, 15) is 4.79 Å². The third-order valence-corrected chi connectivity index (χ3v) is 2.16. The van der Waals surface area contributed by atoms with Gasteiger partial charge in [-0.05, 0) is 19.8 Å². The smallest absolute Gasteiger partial charge is 0.223 e. The fourth-order valence-electron chi connectivity index (χ4n) is 1.34. The minimum absolute atomic E-state index is 0.145. The van der Waals surface area contributed by atoms with E-state index in [-0.39, 0.29) is 11.8 Å². The summed E-state index contributed by atoms with van der Waals surface area (Å²) >= 11 is 0. The topological polar surface area (TPSA) is 38.3 Å². The highest BCUT2D eigenvalue weighted by molar-refractivity contribution is 5.78. The van der Waals surface area contributed by atoms with Gasteiger partial charge in [0.2, 0.25) is 5.91 Å². The molecule has 0 bridgehead atoms. The molecule has 0 atom stereocenters. The van der Waals surface area contributed by atoms with Gasteiger partial charge >= 0.3 is 0 Å². The Labute approximate surface area is 79.2 Å². The lowest BCUT2D eigenvalue weighted by atomic mass is 9.99. The van der Waals surface area contributed by atoms with Crippen LogP contribution in [0.3, 0.4) is 0 Å². The number of amides is 1. The molecule has 1 amide bonds. The molecule has 0 aromatic rings. The molecule has 1 heterocycles. The summed E-state index contributed by atoms with van der Waals surface area (Å²) in [5, 5.41) is 2.86. The summed E-state index contributed by atoms with van der Waals surface area (Å²) in [6.07, 6.45) is 1.70. The molecular formula is C10H17NO2. The first-order valence-corrected chi connectivity index (χ1v) is 4.70. The van der Waals surface area contributed by atoms with Crippen molar-refractivity contribution in [2.75, 3.05) is 19.8 Å². The quantitative estimate of drug-likeness (QED) is 0.665. The molecule has 0 unspecified atom stereocenters. The zero-order valence-corrected chi connectivity index (χ0v) is 8.14. The zero-order valence-electron chi connectivity index (χ0n) is 8.14. The van der Waals surface area contributed by atoms with Gasteiger partial charge in [-0.2, -0.15) is 0 Å². The number of hydrogen-bond donors (Lipinski definition) is 1. The Bertz CT molecular complexity index is 195. The molecule has 3 heteroatoms. The summed E-state index contributed by atoms with van der Waals surface area (Å²) in [5.41, 5.74) is 0.986. The Morgan fingerprint density at radius 3 is 2.69 bits per heavy atom. The van der Waals surface area contributed by atoms with Crippen molar-refractivity contribution in [2.45, 2.75) is 19.8 Å². The molecule has 0 aliphatic carbocycles. The number of ether oxygens (including phenoxy) is 1. The predicted octanol–water partition coefficient (Wildman–Crippen LogP) is 1.11. The van der Waals surface area contributed by atoms with Crippen molar-refractivity contribution in [3.63, 3.8) is 0 Å². The Morgan fingerprint density at radius 1 is 1.54 bits per heavy atom. The normalized spacial score (nSPS) is 18.2. The lowest BCUT2D eigenvalue weighted by Crippen LogP contribution is -2.34. The highest BCUT2D eigenvalue weighted by atomic mass is 16.5.